The van der Waals surface area contributed by atoms with Gasteiger partial charge in [0.15, 0.2) is 0 Å². The summed E-state index contributed by atoms with van der Waals surface area (Å²) in [6, 6.07) is 58.9. The van der Waals surface area contributed by atoms with E-state index < -0.39 is 0 Å². The summed E-state index contributed by atoms with van der Waals surface area (Å²) >= 11 is 0. The fraction of sp³-hybridized carbons (Fsp3) is 0. The van der Waals surface area contributed by atoms with Gasteiger partial charge < -0.3 is 9.13 Å². The normalized spacial score (nSPS) is 11.3. The van der Waals surface area contributed by atoms with Crippen molar-refractivity contribution in [1.29, 1.82) is 10.5 Å². The number of hydrogen-bond donors (Lipinski definition) is 0. The minimum absolute atomic E-state index is 0.582. The maximum atomic E-state index is 10.4. The van der Waals surface area contributed by atoms with Crippen molar-refractivity contribution in [3.8, 4) is 45.8 Å². The van der Waals surface area contributed by atoms with Gasteiger partial charge in [-0.15, -0.1) is 0 Å². The second-order valence-electron chi connectivity index (χ2n) is 12.0. The van der Waals surface area contributed by atoms with Gasteiger partial charge in [0.25, 0.3) is 0 Å². The Balaban J connectivity index is 1.36. The predicted molar refractivity (Wildman–Crippen MR) is 195 cm³/mol. The Morgan fingerprint density at radius 1 is 0.354 bits per heavy atom. The fourth-order valence-electron chi connectivity index (χ4n) is 7.29. The zero-order valence-corrected chi connectivity index (χ0v) is 25.8. The number of fused-ring (bicyclic) bond motifs is 6. The lowest BCUT2D eigenvalue weighted by atomic mass is 9.93. The molecule has 2 heterocycles. The highest BCUT2D eigenvalue weighted by Crippen LogP contribution is 2.39. The van der Waals surface area contributed by atoms with E-state index >= 15 is 0 Å². The molecule has 0 aliphatic rings. The number of para-hydroxylation sites is 4. The van der Waals surface area contributed by atoms with Gasteiger partial charge in [0.1, 0.15) is 0 Å². The number of nitriles is 2. The zero-order valence-electron chi connectivity index (χ0n) is 25.8. The van der Waals surface area contributed by atoms with E-state index in [0.717, 1.165) is 55.7 Å². The zero-order chi connectivity index (χ0) is 32.2. The van der Waals surface area contributed by atoms with Crippen LogP contribution in [-0.2, 0) is 0 Å². The van der Waals surface area contributed by atoms with E-state index in [4.69, 9.17) is 0 Å². The summed E-state index contributed by atoms with van der Waals surface area (Å²) in [7, 11) is 0. The lowest BCUT2D eigenvalue weighted by Gasteiger charge is -2.16. The molecule has 0 aliphatic carbocycles. The van der Waals surface area contributed by atoms with Gasteiger partial charge in [0.2, 0.25) is 0 Å². The molecular formula is C44H26N4. The van der Waals surface area contributed by atoms with Crippen LogP contribution < -0.4 is 0 Å². The lowest BCUT2D eigenvalue weighted by molar-refractivity contribution is 1.17. The number of nitrogens with zero attached hydrogens (tertiary/aromatic N) is 4. The van der Waals surface area contributed by atoms with Crippen molar-refractivity contribution in [1.82, 2.24) is 9.13 Å². The van der Waals surface area contributed by atoms with Crippen molar-refractivity contribution in [3.63, 3.8) is 0 Å². The van der Waals surface area contributed by atoms with Gasteiger partial charge in [-0.25, -0.2) is 0 Å². The largest absolute Gasteiger partial charge is 0.309 e. The van der Waals surface area contributed by atoms with Crippen LogP contribution >= 0.6 is 0 Å². The average molecular weight is 611 g/mol. The van der Waals surface area contributed by atoms with E-state index in [0.29, 0.717) is 11.1 Å². The Morgan fingerprint density at radius 3 is 1.29 bits per heavy atom. The van der Waals surface area contributed by atoms with Crippen molar-refractivity contribution in [3.05, 3.63) is 169 Å². The first-order valence-corrected chi connectivity index (χ1v) is 15.9. The van der Waals surface area contributed by atoms with Crippen molar-refractivity contribution >= 4 is 43.6 Å². The van der Waals surface area contributed by atoms with Gasteiger partial charge in [0, 0.05) is 38.5 Å². The molecule has 0 bridgehead atoms. The van der Waals surface area contributed by atoms with Crippen molar-refractivity contribution in [2.45, 2.75) is 0 Å². The van der Waals surface area contributed by atoms with E-state index in [-0.39, 0.29) is 0 Å². The highest BCUT2D eigenvalue weighted by atomic mass is 15.0. The molecule has 4 nitrogen and oxygen atoms in total. The molecule has 2 aromatic heterocycles. The molecule has 0 atom stereocenters. The number of hydrogen-bond acceptors (Lipinski definition) is 2. The summed E-state index contributed by atoms with van der Waals surface area (Å²) in [6.07, 6.45) is 0. The summed E-state index contributed by atoms with van der Waals surface area (Å²) in [5.74, 6) is 0. The minimum Gasteiger partial charge on any atom is -0.309 e. The minimum atomic E-state index is 0.582. The number of benzene rings is 7. The third-order valence-electron chi connectivity index (χ3n) is 9.39. The summed E-state index contributed by atoms with van der Waals surface area (Å²) < 4.78 is 4.56. The second-order valence-corrected chi connectivity index (χ2v) is 12.0. The summed E-state index contributed by atoms with van der Waals surface area (Å²) in [5.41, 5.74) is 11.0. The molecule has 0 unspecified atom stereocenters. The van der Waals surface area contributed by atoms with Gasteiger partial charge in [0.05, 0.1) is 45.3 Å². The molecule has 4 heteroatoms. The van der Waals surface area contributed by atoms with Crippen LogP contribution in [0.25, 0.3) is 77.2 Å². The summed E-state index contributed by atoms with van der Waals surface area (Å²) in [6.45, 7) is 0. The Hall–Kier alpha value is -6.88. The van der Waals surface area contributed by atoms with Gasteiger partial charge in [-0.3, -0.25) is 0 Å². The van der Waals surface area contributed by atoms with Crippen LogP contribution in [0.2, 0.25) is 0 Å². The number of aromatic nitrogens is 2. The Morgan fingerprint density at radius 2 is 0.771 bits per heavy atom. The first-order chi connectivity index (χ1) is 23.7. The van der Waals surface area contributed by atoms with E-state index in [1.165, 1.54) is 21.5 Å². The molecular weight excluding hydrogens is 585 g/mol. The van der Waals surface area contributed by atoms with Gasteiger partial charge in [-0.05, 0) is 83.4 Å². The molecule has 222 valence electrons. The quantitative estimate of drug-likeness (QED) is 0.199. The Labute approximate surface area is 277 Å². The SMILES string of the molecule is N#Cc1ccccc1-c1cc(-c2cc(-n3c4ccccc4c4ccccc43)ccc2C#N)cc(-n2c3ccccc3c3ccccc32)c1. The van der Waals surface area contributed by atoms with Gasteiger partial charge in [-0.2, -0.15) is 10.5 Å². The molecule has 0 saturated heterocycles. The Bertz CT molecular complexity index is 2710. The molecule has 9 rings (SSSR count). The first kappa shape index (κ1) is 27.4. The molecule has 7 aromatic carbocycles. The van der Waals surface area contributed by atoms with Gasteiger partial charge >= 0.3 is 0 Å². The van der Waals surface area contributed by atoms with Crippen LogP contribution in [0.4, 0.5) is 0 Å². The molecule has 0 radical (unpaired) electrons. The molecule has 0 spiro atoms. The highest BCUT2D eigenvalue weighted by Gasteiger charge is 2.18. The smallest absolute Gasteiger partial charge is 0.0998 e. The topological polar surface area (TPSA) is 57.4 Å². The predicted octanol–water partition coefficient (Wildman–Crippen LogP) is 11.0. The van der Waals surface area contributed by atoms with Crippen LogP contribution in [0, 0.1) is 22.7 Å². The van der Waals surface area contributed by atoms with E-state index in [1.807, 2.05) is 36.4 Å². The summed E-state index contributed by atoms with van der Waals surface area (Å²) in [5, 5.41) is 25.2. The molecule has 9 aromatic rings. The molecule has 0 aliphatic heterocycles. The number of rotatable bonds is 4. The first-order valence-electron chi connectivity index (χ1n) is 15.9. The molecule has 0 amide bonds. The van der Waals surface area contributed by atoms with Crippen LogP contribution in [-0.4, -0.2) is 9.13 Å². The van der Waals surface area contributed by atoms with Crippen LogP contribution in [0.15, 0.2) is 158 Å². The van der Waals surface area contributed by atoms with Crippen molar-refractivity contribution in [2.24, 2.45) is 0 Å². The highest BCUT2D eigenvalue weighted by molar-refractivity contribution is 6.10. The monoisotopic (exact) mass is 610 g/mol. The molecule has 0 N–H and O–H groups in total. The molecule has 0 saturated carbocycles. The van der Waals surface area contributed by atoms with Crippen LogP contribution in [0.5, 0.6) is 0 Å². The third-order valence-corrected chi connectivity index (χ3v) is 9.39. The van der Waals surface area contributed by atoms with E-state index in [1.54, 1.807) is 0 Å². The van der Waals surface area contributed by atoms with Crippen LogP contribution in [0.3, 0.4) is 0 Å². The lowest BCUT2D eigenvalue weighted by Crippen LogP contribution is -1.99. The van der Waals surface area contributed by atoms with Gasteiger partial charge in [-0.1, -0.05) is 91.0 Å². The maximum Gasteiger partial charge on any atom is 0.0998 e. The third kappa shape index (κ3) is 4.14. The standard InChI is InChI=1S/C44H26N4/c45-27-29-11-1-2-12-35(29)31-23-32(25-34(24-31)48-43-19-9-5-15-38(43)39-16-6-10-20-44(39)48)40-26-33(22-21-30(40)28-46)47-41-17-7-3-13-36(41)37-14-4-8-18-42(37)47/h1-26H. The van der Waals surface area contributed by atoms with E-state index in [9.17, 15) is 10.5 Å². The van der Waals surface area contributed by atoms with Crippen LogP contribution in [0.1, 0.15) is 11.1 Å². The second kappa shape index (κ2) is 10.9. The fourth-order valence-corrected chi connectivity index (χ4v) is 7.29. The average Bonchev–Trinajstić information content (AvgIpc) is 3.67. The maximum absolute atomic E-state index is 10.4. The van der Waals surface area contributed by atoms with E-state index in [2.05, 4.69) is 143 Å². The van der Waals surface area contributed by atoms with Crippen molar-refractivity contribution in [2.75, 3.05) is 0 Å². The molecule has 48 heavy (non-hydrogen) atoms. The summed E-state index contributed by atoms with van der Waals surface area (Å²) in [4.78, 5) is 0. The molecule has 0 fully saturated rings. The van der Waals surface area contributed by atoms with Crippen molar-refractivity contribution < 1.29 is 0 Å². The Kier molecular flexibility index (Phi) is 6.22.